The molecule has 0 fully saturated rings. The van der Waals surface area contributed by atoms with Gasteiger partial charge in [-0.25, -0.2) is 0 Å². The summed E-state index contributed by atoms with van der Waals surface area (Å²) in [5.41, 5.74) is 1.90. The van der Waals surface area contributed by atoms with Gasteiger partial charge in [0.1, 0.15) is 0 Å². The maximum absolute atomic E-state index is 11.5. The molecule has 0 bridgehead atoms. The van der Waals surface area contributed by atoms with Crippen molar-refractivity contribution in [2.45, 2.75) is 19.4 Å². The van der Waals surface area contributed by atoms with Crippen molar-refractivity contribution in [3.63, 3.8) is 0 Å². The fourth-order valence-corrected chi connectivity index (χ4v) is 1.84. The molecule has 0 radical (unpaired) electrons. The van der Waals surface area contributed by atoms with Crippen molar-refractivity contribution < 1.29 is 0 Å². The molecular weight excluding hydrogens is 207 g/mol. The Morgan fingerprint density at radius 1 is 1.73 bits per heavy atom. The second kappa shape index (κ2) is 5.33. The van der Waals surface area contributed by atoms with Crippen LogP contribution in [0.3, 0.4) is 0 Å². The predicted octanol–water partition coefficient (Wildman–Crippen LogP) is 0.0323. The summed E-state index contributed by atoms with van der Waals surface area (Å²) >= 11 is 4.06. The van der Waals surface area contributed by atoms with Crippen LogP contribution in [0, 0.1) is 0 Å². The molecule has 1 N–H and O–H groups in total. The molecule has 1 aromatic heterocycles. The van der Waals surface area contributed by atoms with Crippen LogP contribution in [0.2, 0.25) is 0 Å². The number of aryl methyl sites for hydroxylation is 1. The molecule has 0 saturated heterocycles. The summed E-state index contributed by atoms with van der Waals surface area (Å²) in [6.07, 6.45) is 2.66. The van der Waals surface area contributed by atoms with E-state index in [2.05, 4.69) is 24.0 Å². The van der Waals surface area contributed by atoms with Gasteiger partial charge in [-0.3, -0.25) is 0 Å². The average Bonchev–Trinajstić information content (AvgIpc) is 2.24. The summed E-state index contributed by atoms with van der Waals surface area (Å²) in [5.74, 6) is 0. The predicted molar refractivity (Wildman–Crippen MR) is 69.3 cm³/mol. The molecule has 0 aliphatic carbocycles. The van der Waals surface area contributed by atoms with Gasteiger partial charge in [0.15, 0.2) is 0 Å². The first-order chi connectivity index (χ1) is 7.13. The zero-order valence-electron chi connectivity index (χ0n) is 9.03. The van der Waals surface area contributed by atoms with Gasteiger partial charge in [0, 0.05) is 0 Å². The molecule has 0 aliphatic rings. The molecule has 80 valence electrons. The zero-order valence-corrected chi connectivity index (χ0v) is 9.92. The van der Waals surface area contributed by atoms with Crippen molar-refractivity contribution >= 4 is 31.7 Å². The summed E-state index contributed by atoms with van der Waals surface area (Å²) in [6.45, 7) is 7.54. The third-order valence-corrected chi connectivity index (χ3v) is 2.76. The van der Waals surface area contributed by atoms with Crippen LogP contribution in [-0.2, 0) is 7.05 Å². The number of rotatable bonds is 4. The van der Waals surface area contributed by atoms with Crippen molar-refractivity contribution in [2.75, 3.05) is 0 Å². The first-order valence-corrected chi connectivity index (χ1v) is 5.31. The maximum atomic E-state index is 11.5. The Hall–Kier alpha value is -0.805. The van der Waals surface area contributed by atoms with E-state index >= 15 is 0 Å². The topological polar surface area (TPSA) is 34.0 Å². The van der Waals surface area contributed by atoms with E-state index in [0.29, 0.717) is 0 Å². The Bertz CT molecular complexity index is 412. The van der Waals surface area contributed by atoms with Crippen LogP contribution in [0.25, 0.3) is 0 Å². The van der Waals surface area contributed by atoms with Crippen LogP contribution in [0.15, 0.2) is 17.1 Å². The van der Waals surface area contributed by atoms with Crippen molar-refractivity contribution in [3.05, 3.63) is 28.2 Å². The van der Waals surface area contributed by atoms with E-state index in [0.717, 1.165) is 17.4 Å². The summed E-state index contributed by atoms with van der Waals surface area (Å²) in [7, 11) is 1.73. The molecule has 0 amide bonds. The summed E-state index contributed by atoms with van der Waals surface area (Å²) in [6, 6.07) is 1.71. The van der Waals surface area contributed by atoms with Gasteiger partial charge in [-0.15, -0.1) is 0 Å². The van der Waals surface area contributed by atoms with Gasteiger partial charge < -0.3 is 0 Å². The standard InChI is InChI=1S/C10H15BN2OS/c1-4-9(12-15)7-5-10(14)13(3)6-8(7)11-2/h5-6,9,12,15H,2,4H2,1,3H3. The van der Waals surface area contributed by atoms with Crippen LogP contribution in [0.5, 0.6) is 0 Å². The number of aromatic nitrogens is 1. The van der Waals surface area contributed by atoms with E-state index in [9.17, 15) is 4.79 Å². The number of nitrogens with zero attached hydrogens (tertiary/aromatic N) is 1. The second-order valence-electron chi connectivity index (χ2n) is 3.43. The number of pyridine rings is 1. The second-order valence-corrected chi connectivity index (χ2v) is 3.69. The first kappa shape index (κ1) is 12.3. The Morgan fingerprint density at radius 2 is 2.40 bits per heavy atom. The number of nitrogens with one attached hydrogen (secondary N) is 1. The summed E-state index contributed by atoms with van der Waals surface area (Å²) in [4.78, 5) is 11.5. The van der Waals surface area contributed by atoms with E-state index in [1.807, 2.05) is 6.92 Å². The molecule has 1 aromatic rings. The van der Waals surface area contributed by atoms with E-state index in [-0.39, 0.29) is 11.6 Å². The van der Waals surface area contributed by atoms with Crippen molar-refractivity contribution in [3.8, 4) is 0 Å². The molecule has 0 spiro atoms. The van der Waals surface area contributed by atoms with E-state index in [1.54, 1.807) is 30.8 Å². The first-order valence-electron chi connectivity index (χ1n) is 4.86. The van der Waals surface area contributed by atoms with Gasteiger partial charge in [0.2, 0.25) is 0 Å². The van der Waals surface area contributed by atoms with Crippen molar-refractivity contribution in [1.29, 1.82) is 0 Å². The van der Waals surface area contributed by atoms with Gasteiger partial charge in [-0.1, -0.05) is 0 Å². The molecule has 1 unspecified atom stereocenters. The molecule has 0 aromatic carbocycles. The molecule has 0 saturated carbocycles. The fourth-order valence-electron chi connectivity index (χ4n) is 1.52. The van der Waals surface area contributed by atoms with Crippen LogP contribution in [-0.4, -0.2) is 18.0 Å². The van der Waals surface area contributed by atoms with Gasteiger partial charge in [0.05, 0.1) is 0 Å². The Morgan fingerprint density at radius 3 is 2.87 bits per heavy atom. The molecule has 5 heteroatoms. The third kappa shape index (κ3) is 2.61. The van der Waals surface area contributed by atoms with Crippen LogP contribution >= 0.6 is 12.8 Å². The number of hydrogen-bond acceptors (Lipinski definition) is 3. The molecule has 1 rings (SSSR count). The zero-order chi connectivity index (χ0) is 11.4. The number of hydrogen-bond donors (Lipinski definition) is 2. The summed E-state index contributed by atoms with van der Waals surface area (Å²) < 4.78 is 4.44. The average molecular weight is 222 g/mol. The Balaban J connectivity index is 3.32. The van der Waals surface area contributed by atoms with Crippen LogP contribution in [0.1, 0.15) is 24.9 Å². The minimum absolute atomic E-state index is 0.0161. The van der Waals surface area contributed by atoms with Gasteiger partial charge in [-0.05, 0) is 0 Å². The fraction of sp³-hybridized carbons (Fsp3) is 0.400. The number of thiol groups is 1. The van der Waals surface area contributed by atoms with Crippen molar-refractivity contribution in [2.24, 2.45) is 7.05 Å². The molecule has 15 heavy (non-hydrogen) atoms. The normalized spacial score (nSPS) is 12.2. The summed E-state index contributed by atoms with van der Waals surface area (Å²) in [5, 5.41) is 0. The van der Waals surface area contributed by atoms with E-state index < -0.39 is 0 Å². The molecule has 1 atom stereocenters. The quantitative estimate of drug-likeness (QED) is 0.556. The van der Waals surface area contributed by atoms with Crippen molar-refractivity contribution in [1.82, 2.24) is 9.29 Å². The molecule has 0 aliphatic heterocycles. The van der Waals surface area contributed by atoms with E-state index in [1.165, 1.54) is 0 Å². The Kier molecular flexibility index (Phi) is 4.35. The van der Waals surface area contributed by atoms with Crippen LogP contribution in [0.4, 0.5) is 0 Å². The monoisotopic (exact) mass is 222 g/mol. The van der Waals surface area contributed by atoms with Gasteiger partial charge in [0.25, 0.3) is 0 Å². The van der Waals surface area contributed by atoms with Gasteiger partial charge >= 0.3 is 95.6 Å². The molecular formula is C10H15BN2OS. The molecule has 1 heterocycles. The Labute approximate surface area is 96.0 Å². The SMILES string of the molecule is C=Bc1cn(C)c(=O)cc1C(CC)NS. The van der Waals surface area contributed by atoms with Gasteiger partial charge in [-0.2, -0.15) is 0 Å². The molecule has 3 nitrogen and oxygen atoms in total. The van der Waals surface area contributed by atoms with Crippen LogP contribution < -0.4 is 15.7 Å². The third-order valence-electron chi connectivity index (χ3n) is 2.45. The minimum atomic E-state index is -0.0161. The van der Waals surface area contributed by atoms with E-state index in [4.69, 9.17) is 0 Å².